The molecule has 5 rings (SSSR count). The Bertz CT molecular complexity index is 1320. The van der Waals surface area contributed by atoms with Crippen molar-refractivity contribution in [2.24, 2.45) is 5.92 Å². The largest absolute Gasteiger partial charge is 0.507 e. The molecule has 0 bridgehead atoms. The summed E-state index contributed by atoms with van der Waals surface area (Å²) in [5.41, 5.74) is 1.57. The Hall–Kier alpha value is -4.20. The SMILES string of the molecule is Cc1cc(/C(O)=C2/C(=O)C(=O)N(c3ccc4c(c3)OCO4)C2c2ccco2)ccc1OCC(C)C. The number of furan rings is 1. The quantitative estimate of drug-likeness (QED) is 0.305. The minimum absolute atomic E-state index is 0.0575. The molecule has 2 aliphatic heterocycles. The molecule has 8 heteroatoms. The summed E-state index contributed by atoms with van der Waals surface area (Å²) in [6.45, 7) is 6.62. The van der Waals surface area contributed by atoms with Crippen LogP contribution in [0.25, 0.3) is 5.76 Å². The molecule has 1 atom stereocenters. The van der Waals surface area contributed by atoms with Crippen LogP contribution in [0.5, 0.6) is 17.2 Å². The van der Waals surface area contributed by atoms with Gasteiger partial charge in [-0.15, -0.1) is 0 Å². The van der Waals surface area contributed by atoms with Crippen LogP contribution in [0.3, 0.4) is 0 Å². The first-order valence-corrected chi connectivity index (χ1v) is 11.3. The van der Waals surface area contributed by atoms with E-state index < -0.39 is 17.7 Å². The van der Waals surface area contributed by atoms with Crippen LogP contribution in [0.4, 0.5) is 5.69 Å². The predicted octanol–water partition coefficient (Wildman–Crippen LogP) is 4.98. The minimum Gasteiger partial charge on any atom is -0.507 e. The molecule has 0 saturated carbocycles. The number of carbonyl (C=O) groups is 2. The summed E-state index contributed by atoms with van der Waals surface area (Å²) in [7, 11) is 0. The van der Waals surface area contributed by atoms with E-state index in [-0.39, 0.29) is 18.1 Å². The highest BCUT2D eigenvalue weighted by atomic mass is 16.7. The topological polar surface area (TPSA) is 98.4 Å². The van der Waals surface area contributed by atoms with Gasteiger partial charge in [0.05, 0.1) is 18.4 Å². The van der Waals surface area contributed by atoms with Crippen molar-refractivity contribution in [2.75, 3.05) is 18.3 Å². The molecule has 1 unspecified atom stereocenters. The number of aliphatic hydroxyl groups excluding tert-OH is 1. The maximum atomic E-state index is 13.2. The van der Waals surface area contributed by atoms with Gasteiger partial charge in [0.15, 0.2) is 11.5 Å². The lowest BCUT2D eigenvalue weighted by atomic mass is 9.98. The number of ketones is 1. The van der Waals surface area contributed by atoms with Gasteiger partial charge in [0.25, 0.3) is 11.7 Å². The molecule has 1 N–H and O–H groups in total. The molecule has 0 aliphatic carbocycles. The van der Waals surface area contributed by atoms with Gasteiger partial charge in [-0.05, 0) is 60.9 Å². The predicted molar refractivity (Wildman–Crippen MR) is 128 cm³/mol. The van der Waals surface area contributed by atoms with Gasteiger partial charge in [0.1, 0.15) is 23.3 Å². The first-order chi connectivity index (χ1) is 16.8. The molecule has 2 aliphatic rings. The van der Waals surface area contributed by atoms with Crippen LogP contribution in [0.1, 0.15) is 36.8 Å². The van der Waals surface area contributed by atoms with Gasteiger partial charge in [0.2, 0.25) is 6.79 Å². The lowest BCUT2D eigenvalue weighted by molar-refractivity contribution is -0.132. The molecule has 3 heterocycles. The fourth-order valence-electron chi connectivity index (χ4n) is 4.22. The maximum Gasteiger partial charge on any atom is 0.300 e. The number of amides is 1. The van der Waals surface area contributed by atoms with E-state index in [1.54, 1.807) is 48.5 Å². The number of aryl methyl sites for hydroxylation is 1. The van der Waals surface area contributed by atoms with Crippen LogP contribution in [0, 0.1) is 12.8 Å². The Morgan fingerprint density at radius 3 is 2.63 bits per heavy atom. The highest BCUT2D eigenvalue weighted by molar-refractivity contribution is 6.51. The van der Waals surface area contributed by atoms with Crippen molar-refractivity contribution in [3.63, 3.8) is 0 Å². The summed E-state index contributed by atoms with van der Waals surface area (Å²) >= 11 is 0. The van der Waals surface area contributed by atoms with Gasteiger partial charge in [-0.1, -0.05) is 13.8 Å². The molecule has 1 amide bonds. The number of Topliss-reactive ketones (excluding diaryl/α,β-unsaturated/α-hetero) is 1. The standard InChI is InChI=1S/C27H25NO7/c1-15(2)13-33-19-8-6-17(11-16(19)3)25(29)23-24(21-5-4-10-32-21)28(27(31)26(23)30)18-7-9-20-22(12-18)35-14-34-20/h4-12,15,24,29H,13-14H2,1-3H3/b25-23-. The smallest absolute Gasteiger partial charge is 0.300 e. The van der Waals surface area contributed by atoms with Gasteiger partial charge in [-0.2, -0.15) is 0 Å². The number of benzene rings is 2. The Morgan fingerprint density at radius 2 is 1.91 bits per heavy atom. The fraction of sp³-hybridized carbons (Fsp3) is 0.259. The van der Waals surface area contributed by atoms with Crippen LogP contribution in [-0.2, 0) is 9.59 Å². The summed E-state index contributed by atoms with van der Waals surface area (Å²) in [5, 5.41) is 11.3. The van der Waals surface area contributed by atoms with E-state index >= 15 is 0 Å². The van der Waals surface area contributed by atoms with Crippen LogP contribution in [0.2, 0.25) is 0 Å². The average Bonchev–Trinajstić information content (AvgIpc) is 3.58. The van der Waals surface area contributed by atoms with Gasteiger partial charge in [-0.3, -0.25) is 14.5 Å². The summed E-state index contributed by atoms with van der Waals surface area (Å²) in [4.78, 5) is 27.8. The van der Waals surface area contributed by atoms with Crippen molar-refractivity contribution in [3.05, 3.63) is 77.3 Å². The van der Waals surface area contributed by atoms with Crippen LogP contribution < -0.4 is 19.1 Å². The lowest BCUT2D eigenvalue weighted by Gasteiger charge is -2.23. The van der Waals surface area contributed by atoms with Crippen molar-refractivity contribution < 1.29 is 33.3 Å². The molecular weight excluding hydrogens is 450 g/mol. The maximum absolute atomic E-state index is 13.2. The second-order valence-corrected chi connectivity index (χ2v) is 8.91. The second-order valence-electron chi connectivity index (χ2n) is 8.91. The van der Waals surface area contributed by atoms with E-state index in [4.69, 9.17) is 18.6 Å². The van der Waals surface area contributed by atoms with Gasteiger partial charge in [0, 0.05) is 17.3 Å². The molecule has 8 nitrogen and oxygen atoms in total. The van der Waals surface area contributed by atoms with Gasteiger partial charge in [-0.25, -0.2) is 0 Å². The molecule has 180 valence electrons. The highest BCUT2D eigenvalue weighted by Gasteiger charge is 2.48. The molecule has 2 aromatic carbocycles. The van der Waals surface area contributed by atoms with Crippen molar-refractivity contribution in [3.8, 4) is 17.2 Å². The zero-order valence-corrected chi connectivity index (χ0v) is 19.6. The number of hydrogen-bond donors (Lipinski definition) is 1. The minimum atomic E-state index is -0.956. The third-order valence-corrected chi connectivity index (χ3v) is 5.91. The molecular formula is C27H25NO7. The van der Waals surface area contributed by atoms with Crippen molar-refractivity contribution >= 4 is 23.1 Å². The molecule has 1 aromatic heterocycles. The number of anilines is 1. The van der Waals surface area contributed by atoms with Crippen LogP contribution in [-0.4, -0.2) is 30.2 Å². The number of rotatable bonds is 6. The highest BCUT2D eigenvalue weighted by Crippen LogP contribution is 2.45. The van der Waals surface area contributed by atoms with E-state index in [1.165, 1.54) is 11.2 Å². The second kappa shape index (κ2) is 8.87. The third kappa shape index (κ3) is 4.01. The van der Waals surface area contributed by atoms with Gasteiger partial charge < -0.3 is 23.7 Å². The first-order valence-electron chi connectivity index (χ1n) is 11.3. The summed E-state index contributed by atoms with van der Waals surface area (Å²) in [6, 6.07) is 12.5. The monoisotopic (exact) mass is 475 g/mol. The molecule has 0 radical (unpaired) electrons. The van der Waals surface area contributed by atoms with E-state index in [0.29, 0.717) is 46.8 Å². The number of carbonyl (C=O) groups excluding carboxylic acids is 2. The third-order valence-electron chi connectivity index (χ3n) is 5.91. The number of fused-ring (bicyclic) bond motifs is 1. The zero-order chi connectivity index (χ0) is 24.7. The number of nitrogens with zero attached hydrogens (tertiary/aromatic N) is 1. The van der Waals surface area contributed by atoms with E-state index in [9.17, 15) is 14.7 Å². The normalized spacial score (nSPS) is 18.5. The Balaban J connectivity index is 1.59. The Kier molecular flexibility index (Phi) is 5.72. The summed E-state index contributed by atoms with van der Waals surface area (Å²) in [5.74, 6) is 0.551. The van der Waals surface area contributed by atoms with Crippen LogP contribution >= 0.6 is 0 Å². The number of aliphatic hydroxyl groups is 1. The van der Waals surface area contributed by atoms with Crippen LogP contribution in [0.15, 0.2) is 64.8 Å². The Morgan fingerprint density at radius 1 is 1.11 bits per heavy atom. The molecule has 1 saturated heterocycles. The summed E-state index contributed by atoms with van der Waals surface area (Å²) < 4.78 is 22.2. The number of ether oxygens (including phenoxy) is 3. The van der Waals surface area contributed by atoms with Gasteiger partial charge >= 0.3 is 0 Å². The fourth-order valence-corrected chi connectivity index (χ4v) is 4.22. The first kappa shape index (κ1) is 22.6. The summed E-state index contributed by atoms with van der Waals surface area (Å²) in [6.07, 6.45) is 1.46. The zero-order valence-electron chi connectivity index (χ0n) is 19.6. The molecule has 1 fully saturated rings. The Labute approximate surface area is 202 Å². The molecule has 0 spiro atoms. The molecule has 35 heavy (non-hydrogen) atoms. The van der Waals surface area contributed by atoms with E-state index in [0.717, 1.165) is 5.56 Å². The van der Waals surface area contributed by atoms with E-state index in [1.807, 2.05) is 6.92 Å². The van der Waals surface area contributed by atoms with E-state index in [2.05, 4.69) is 13.8 Å². The van der Waals surface area contributed by atoms with Crippen molar-refractivity contribution in [1.82, 2.24) is 0 Å². The van der Waals surface area contributed by atoms with Crippen molar-refractivity contribution in [2.45, 2.75) is 26.8 Å². The van der Waals surface area contributed by atoms with Crippen molar-refractivity contribution in [1.29, 1.82) is 0 Å². The number of hydrogen-bond acceptors (Lipinski definition) is 7. The molecule has 3 aromatic rings. The average molecular weight is 475 g/mol. The lowest BCUT2D eigenvalue weighted by Crippen LogP contribution is -2.29.